The van der Waals surface area contributed by atoms with Gasteiger partial charge >= 0.3 is 0 Å². The third kappa shape index (κ3) is 1.54. The summed E-state index contributed by atoms with van der Waals surface area (Å²) in [5.74, 6) is -0.485. The molecule has 0 unspecified atom stereocenters. The molecule has 0 aliphatic heterocycles. The Hall–Kier alpha value is -1.77. The van der Waals surface area contributed by atoms with E-state index in [2.05, 4.69) is 9.97 Å². The van der Waals surface area contributed by atoms with Crippen LogP contribution in [0.5, 0.6) is 0 Å². The molecule has 0 N–H and O–H groups in total. The molecule has 2 rings (SSSR count). The van der Waals surface area contributed by atoms with E-state index in [9.17, 15) is 4.39 Å². The summed E-state index contributed by atoms with van der Waals surface area (Å²) < 4.78 is 13.1. The van der Waals surface area contributed by atoms with Crippen molar-refractivity contribution < 1.29 is 4.39 Å². The van der Waals surface area contributed by atoms with Crippen LogP contribution < -0.4 is 0 Å². The Morgan fingerprint density at radius 1 is 1.08 bits per heavy atom. The Bertz CT molecular complexity index is 401. The van der Waals surface area contributed by atoms with E-state index >= 15 is 0 Å². The normalized spacial score (nSPS) is 9.92. The minimum absolute atomic E-state index is 0.433. The van der Waals surface area contributed by atoms with Gasteiger partial charge in [-0.25, -0.2) is 9.97 Å². The molecule has 0 atom stereocenters. The van der Waals surface area contributed by atoms with Gasteiger partial charge in [0.15, 0.2) is 0 Å². The summed E-state index contributed by atoms with van der Waals surface area (Å²) >= 11 is 0. The number of benzene rings is 1. The molecule has 0 fully saturated rings. The van der Waals surface area contributed by atoms with Gasteiger partial charge in [0, 0.05) is 6.20 Å². The first kappa shape index (κ1) is 7.86. The highest BCUT2D eigenvalue weighted by Crippen LogP contribution is 2.18. The van der Waals surface area contributed by atoms with Crippen LogP contribution in [-0.4, -0.2) is 9.97 Å². The average molecular weight is 174 g/mol. The molecule has 0 saturated carbocycles. The fourth-order valence-corrected chi connectivity index (χ4v) is 1.13. The summed E-state index contributed by atoms with van der Waals surface area (Å²) in [5.41, 5.74) is 1.23. The minimum atomic E-state index is -0.485. The summed E-state index contributed by atoms with van der Waals surface area (Å²) in [6.45, 7) is 0. The number of halogens is 1. The van der Waals surface area contributed by atoms with Crippen molar-refractivity contribution in [2.45, 2.75) is 0 Å². The second-order valence-corrected chi connectivity index (χ2v) is 2.59. The number of hydrogen-bond acceptors (Lipinski definition) is 2. The lowest BCUT2D eigenvalue weighted by molar-refractivity contribution is 0.583. The molecule has 64 valence electrons. The molecule has 0 amide bonds. The van der Waals surface area contributed by atoms with Crippen LogP contribution in [0.1, 0.15) is 0 Å². The molecule has 0 aliphatic carbocycles. The number of aromatic nitrogens is 2. The zero-order valence-corrected chi connectivity index (χ0v) is 6.81. The molecule has 13 heavy (non-hydrogen) atoms. The van der Waals surface area contributed by atoms with E-state index in [1.165, 1.54) is 12.5 Å². The van der Waals surface area contributed by atoms with Crippen molar-refractivity contribution in [3.8, 4) is 11.1 Å². The van der Waals surface area contributed by atoms with Crippen molar-refractivity contribution in [3.63, 3.8) is 0 Å². The van der Waals surface area contributed by atoms with Gasteiger partial charge in [0.05, 0.1) is 5.56 Å². The third-order valence-corrected chi connectivity index (χ3v) is 1.75. The van der Waals surface area contributed by atoms with Crippen molar-refractivity contribution in [3.05, 3.63) is 48.8 Å². The first-order chi connectivity index (χ1) is 6.38. The lowest BCUT2D eigenvalue weighted by atomic mass is 10.1. The predicted octanol–water partition coefficient (Wildman–Crippen LogP) is 2.28. The molecule has 0 bridgehead atoms. The fraction of sp³-hybridized carbons (Fsp3) is 0. The first-order valence-electron chi connectivity index (χ1n) is 3.89. The molecule has 3 heteroatoms. The molecule has 0 aliphatic rings. The van der Waals surface area contributed by atoms with Crippen LogP contribution in [-0.2, 0) is 0 Å². The van der Waals surface area contributed by atoms with E-state index < -0.39 is 5.95 Å². The summed E-state index contributed by atoms with van der Waals surface area (Å²) in [4.78, 5) is 7.25. The van der Waals surface area contributed by atoms with E-state index in [0.717, 1.165) is 5.56 Å². The van der Waals surface area contributed by atoms with Gasteiger partial charge < -0.3 is 0 Å². The monoisotopic (exact) mass is 174 g/mol. The SMILES string of the molecule is Fc1ncncc1-c1ccccc1. The smallest absolute Gasteiger partial charge is 0.223 e. The van der Waals surface area contributed by atoms with Crippen molar-refractivity contribution in [1.82, 2.24) is 9.97 Å². The summed E-state index contributed by atoms with van der Waals surface area (Å²) in [7, 11) is 0. The second-order valence-electron chi connectivity index (χ2n) is 2.59. The number of rotatable bonds is 1. The highest BCUT2D eigenvalue weighted by Gasteiger charge is 2.03. The number of nitrogens with zero attached hydrogens (tertiary/aromatic N) is 2. The second kappa shape index (κ2) is 3.31. The molecular formula is C10H7FN2. The van der Waals surface area contributed by atoms with Gasteiger partial charge in [0.1, 0.15) is 6.33 Å². The molecule has 0 saturated heterocycles. The van der Waals surface area contributed by atoms with Crippen LogP contribution in [0.2, 0.25) is 0 Å². The minimum Gasteiger partial charge on any atom is -0.244 e. The Kier molecular flexibility index (Phi) is 2.00. The lowest BCUT2D eigenvalue weighted by Gasteiger charge is -1.99. The number of hydrogen-bond donors (Lipinski definition) is 0. The van der Waals surface area contributed by atoms with Gasteiger partial charge in [-0.3, -0.25) is 0 Å². The average Bonchev–Trinajstić information content (AvgIpc) is 2.20. The van der Waals surface area contributed by atoms with Gasteiger partial charge in [-0.1, -0.05) is 30.3 Å². The van der Waals surface area contributed by atoms with Crippen LogP contribution in [0.15, 0.2) is 42.9 Å². The highest BCUT2D eigenvalue weighted by molar-refractivity contribution is 5.61. The van der Waals surface area contributed by atoms with E-state index in [1.54, 1.807) is 0 Å². The van der Waals surface area contributed by atoms with Gasteiger partial charge in [-0.05, 0) is 5.56 Å². The van der Waals surface area contributed by atoms with Gasteiger partial charge in [0.2, 0.25) is 5.95 Å². The topological polar surface area (TPSA) is 25.8 Å². The molecule has 0 spiro atoms. The molecule has 0 radical (unpaired) electrons. The lowest BCUT2D eigenvalue weighted by Crippen LogP contribution is -1.89. The van der Waals surface area contributed by atoms with Crippen LogP contribution in [0.25, 0.3) is 11.1 Å². The molecule has 1 heterocycles. The van der Waals surface area contributed by atoms with E-state index in [1.807, 2.05) is 30.3 Å². The van der Waals surface area contributed by atoms with E-state index in [0.29, 0.717) is 5.56 Å². The summed E-state index contributed by atoms with van der Waals surface area (Å²) in [6, 6.07) is 9.22. The van der Waals surface area contributed by atoms with Crippen molar-refractivity contribution >= 4 is 0 Å². The van der Waals surface area contributed by atoms with Crippen LogP contribution >= 0.6 is 0 Å². The molecule has 1 aromatic heterocycles. The van der Waals surface area contributed by atoms with Gasteiger partial charge in [-0.2, -0.15) is 4.39 Å². The maximum absolute atomic E-state index is 13.1. The molecule has 2 aromatic rings. The molecule has 1 aromatic carbocycles. The Balaban J connectivity index is 2.54. The maximum atomic E-state index is 13.1. The largest absolute Gasteiger partial charge is 0.244 e. The van der Waals surface area contributed by atoms with Crippen LogP contribution in [0.3, 0.4) is 0 Å². The standard InChI is InChI=1S/C10H7FN2/c11-10-9(6-12-7-13-10)8-4-2-1-3-5-8/h1-7H. The van der Waals surface area contributed by atoms with Gasteiger partial charge in [-0.15, -0.1) is 0 Å². The van der Waals surface area contributed by atoms with E-state index in [-0.39, 0.29) is 0 Å². The van der Waals surface area contributed by atoms with Crippen molar-refractivity contribution in [1.29, 1.82) is 0 Å². The summed E-state index contributed by atoms with van der Waals surface area (Å²) in [5, 5.41) is 0. The van der Waals surface area contributed by atoms with Crippen molar-refractivity contribution in [2.24, 2.45) is 0 Å². The highest BCUT2D eigenvalue weighted by atomic mass is 19.1. The Labute approximate surface area is 75.1 Å². The van der Waals surface area contributed by atoms with Gasteiger partial charge in [0.25, 0.3) is 0 Å². The molecular weight excluding hydrogens is 167 g/mol. The van der Waals surface area contributed by atoms with Crippen LogP contribution in [0.4, 0.5) is 4.39 Å². The molecule has 2 nitrogen and oxygen atoms in total. The van der Waals surface area contributed by atoms with Crippen LogP contribution in [0, 0.1) is 5.95 Å². The first-order valence-corrected chi connectivity index (χ1v) is 3.89. The van der Waals surface area contributed by atoms with E-state index in [4.69, 9.17) is 0 Å². The van der Waals surface area contributed by atoms with Crippen molar-refractivity contribution in [2.75, 3.05) is 0 Å². The fourth-order valence-electron chi connectivity index (χ4n) is 1.13. The Morgan fingerprint density at radius 2 is 1.85 bits per heavy atom. The Morgan fingerprint density at radius 3 is 2.54 bits per heavy atom. The zero-order valence-electron chi connectivity index (χ0n) is 6.81. The third-order valence-electron chi connectivity index (χ3n) is 1.75. The summed E-state index contributed by atoms with van der Waals surface area (Å²) in [6.07, 6.45) is 2.67. The maximum Gasteiger partial charge on any atom is 0.223 e. The quantitative estimate of drug-likeness (QED) is 0.620. The zero-order chi connectivity index (χ0) is 9.10. The predicted molar refractivity (Wildman–Crippen MR) is 47.4 cm³/mol.